The summed E-state index contributed by atoms with van der Waals surface area (Å²) in [6, 6.07) is 13.3. The lowest BCUT2D eigenvalue weighted by molar-refractivity contribution is -0.163. The van der Waals surface area contributed by atoms with E-state index in [0.29, 0.717) is 23.3 Å². The smallest absolute Gasteiger partial charge is 0.279 e. The third-order valence-electron chi connectivity index (χ3n) is 4.10. The van der Waals surface area contributed by atoms with Crippen molar-refractivity contribution >= 4 is 30.6 Å². The Kier molecular flexibility index (Phi) is 4.72. The molecule has 1 aromatic heterocycles. The minimum atomic E-state index is -0.257. The van der Waals surface area contributed by atoms with Gasteiger partial charge < -0.3 is 4.90 Å². The van der Waals surface area contributed by atoms with Crippen LogP contribution in [0.25, 0.3) is 5.57 Å². The van der Waals surface area contributed by atoms with Crippen molar-refractivity contribution in [1.29, 1.82) is 0 Å². The van der Waals surface area contributed by atoms with Crippen molar-refractivity contribution in [2.75, 3.05) is 19.1 Å². The van der Waals surface area contributed by atoms with E-state index >= 15 is 0 Å². The molecule has 25 heavy (non-hydrogen) atoms. The Morgan fingerprint density at radius 2 is 2.04 bits per heavy atom. The first-order valence-corrected chi connectivity index (χ1v) is 7.82. The molecule has 0 bridgehead atoms. The van der Waals surface area contributed by atoms with Gasteiger partial charge in [-0.05, 0) is 23.3 Å². The number of anilines is 1. The van der Waals surface area contributed by atoms with E-state index in [4.69, 9.17) is 12.7 Å². The molecule has 0 aliphatic carbocycles. The van der Waals surface area contributed by atoms with Gasteiger partial charge in [0, 0.05) is 24.5 Å². The van der Waals surface area contributed by atoms with Gasteiger partial charge in [0.25, 0.3) is 5.91 Å². The monoisotopic (exact) mass is 331 g/mol. The number of hydrogen-bond acceptors (Lipinski definition) is 4. The molecular formula is C19H18BN3O2. The van der Waals surface area contributed by atoms with Crippen molar-refractivity contribution in [3.63, 3.8) is 0 Å². The number of nitrogens with zero attached hydrogens (tertiary/aromatic N) is 3. The van der Waals surface area contributed by atoms with E-state index in [1.165, 1.54) is 12.2 Å². The summed E-state index contributed by atoms with van der Waals surface area (Å²) in [6.07, 6.45) is 1.79. The van der Waals surface area contributed by atoms with Crippen molar-refractivity contribution in [2.45, 2.75) is 6.54 Å². The molecule has 5 nitrogen and oxygen atoms in total. The van der Waals surface area contributed by atoms with Gasteiger partial charge in [-0.25, -0.2) is 5.06 Å². The Morgan fingerprint density at radius 3 is 2.76 bits per heavy atom. The number of para-hydroxylation sites is 1. The maximum atomic E-state index is 12.6. The Morgan fingerprint density at radius 1 is 1.28 bits per heavy atom. The molecule has 2 radical (unpaired) electrons. The first-order valence-electron chi connectivity index (χ1n) is 7.82. The van der Waals surface area contributed by atoms with E-state index in [-0.39, 0.29) is 5.91 Å². The van der Waals surface area contributed by atoms with Crippen molar-refractivity contribution in [3.05, 3.63) is 72.1 Å². The lowest BCUT2D eigenvalue weighted by atomic mass is 9.94. The van der Waals surface area contributed by atoms with E-state index in [9.17, 15) is 4.79 Å². The summed E-state index contributed by atoms with van der Waals surface area (Å²) in [4.78, 5) is 24.0. The number of carbonyl (C=O) groups excluding carboxylic acids is 1. The third-order valence-corrected chi connectivity index (χ3v) is 4.10. The first-order chi connectivity index (χ1) is 12.0. The van der Waals surface area contributed by atoms with Gasteiger partial charge in [0.1, 0.15) is 7.85 Å². The van der Waals surface area contributed by atoms with Crippen LogP contribution in [0.1, 0.15) is 11.3 Å². The number of rotatable bonds is 4. The molecule has 1 aliphatic heterocycles. The quantitative estimate of drug-likeness (QED) is 0.633. The molecule has 1 aromatic carbocycles. The summed E-state index contributed by atoms with van der Waals surface area (Å²) >= 11 is 0. The fourth-order valence-corrected chi connectivity index (χ4v) is 2.76. The molecule has 2 heterocycles. The van der Waals surface area contributed by atoms with Crippen molar-refractivity contribution in [3.8, 4) is 0 Å². The summed E-state index contributed by atoms with van der Waals surface area (Å²) in [6.45, 7) is 4.59. The molecule has 0 fully saturated rings. The third kappa shape index (κ3) is 3.34. The fourth-order valence-electron chi connectivity index (χ4n) is 2.76. The second-order valence-electron chi connectivity index (χ2n) is 5.71. The van der Waals surface area contributed by atoms with Crippen LogP contribution >= 0.6 is 0 Å². The normalized spacial score (nSPS) is 13.3. The minimum Gasteiger partial charge on any atom is -0.341 e. The van der Waals surface area contributed by atoms with Crippen LogP contribution in [-0.4, -0.2) is 38.0 Å². The second kappa shape index (κ2) is 6.95. The number of hydrogen-bond donors (Lipinski definition) is 0. The lowest BCUT2D eigenvalue weighted by Gasteiger charge is -2.31. The Balaban J connectivity index is 2.02. The van der Waals surface area contributed by atoms with Crippen molar-refractivity contribution in [2.24, 2.45) is 0 Å². The summed E-state index contributed by atoms with van der Waals surface area (Å²) in [7, 11) is 8.80. The molecule has 1 amide bonds. The van der Waals surface area contributed by atoms with Crippen LogP contribution in [0.3, 0.4) is 0 Å². The zero-order valence-corrected chi connectivity index (χ0v) is 14.3. The molecule has 124 valence electrons. The maximum absolute atomic E-state index is 12.6. The highest BCUT2D eigenvalue weighted by Gasteiger charge is 2.27. The molecule has 0 spiro atoms. The average molecular weight is 331 g/mol. The molecule has 0 saturated heterocycles. The predicted molar refractivity (Wildman–Crippen MR) is 99.1 cm³/mol. The molecule has 2 aromatic rings. The molecule has 0 unspecified atom stereocenters. The highest BCUT2D eigenvalue weighted by atomic mass is 16.7. The zero-order chi connectivity index (χ0) is 18.0. The van der Waals surface area contributed by atoms with Crippen molar-refractivity contribution in [1.82, 2.24) is 10.0 Å². The number of aromatic nitrogens is 1. The van der Waals surface area contributed by atoms with Gasteiger partial charge in [0.2, 0.25) is 0 Å². The first kappa shape index (κ1) is 17.0. The number of fused-ring (bicyclic) bond motifs is 1. The summed E-state index contributed by atoms with van der Waals surface area (Å²) in [5.74, 6) is -0.257. The van der Waals surface area contributed by atoms with Gasteiger partial charge >= 0.3 is 0 Å². The highest BCUT2D eigenvalue weighted by molar-refractivity contribution is 6.30. The van der Waals surface area contributed by atoms with Gasteiger partial charge in [-0.2, -0.15) is 0 Å². The van der Waals surface area contributed by atoms with Crippen LogP contribution in [-0.2, 0) is 16.2 Å². The van der Waals surface area contributed by atoms with E-state index in [1.54, 1.807) is 19.3 Å². The Labute approximate surface area is 148 Å². The van der Waals surface area contributed by atoms with Gasteiger partial charge in [0.05, 0.1) is 24.9 Å². The standard InChI is InChI=1S/C19H18BN3O2/c1-13-15-8-4-5-9-17(15)23(11-14-7-6-10-18(20)21-14)12-16(13)19(24)22(2)25-3/h4-10,12H,1,11H2,2-3H3. The molecule has 6 heteroatoms. The SMILES string of the molecule is [B]c1cccc(CN2C=C(C(=O)N(C)OC)C(=C)c3ccccc32)n1. The predicted octanol–water partition coefficient (Wildman–Crippen LogP) is 1.81. The molecule has 0 N–H and O–H groups in total. The number of pyridine rings is 1. The summed E-state index contributed by atoms with van der Waals surface area (Å²) in [5.41, 5.74) is 4.29. The number of carbonyl (C=O) groups is 1. The number of amides is 1. The molecule has 0 saturated carbocycles. The van der Waals surface area contributed by atoms with Gasteiger partial charge in [0.15, 0.2) is 0 Å². The van der Waals surface area contributed by atoms with E-state index < -0.39 is 0 Å². The summed E-state index contributed by atoms with van der Waals surface area (Å²) in [5, 5.41) is 1.18. The summed E-state index contributed by atoms with van der Waals surface area (Å²) < 4.78 is 0. The van der Waals surface area contributed by atoms with Crippen LogP contribution in [0.4, 0.5) is 5.69 Å². The topological polar surface area (TPSA) is 45.7 Å². The van der Waals surface area contributed by atoms with Crippen LogP contribution in [0, 0.1) is 0 Å². The molecule has 0 atom stereocenters. The van der Waals surface area contributed by atoms with Crippen LogP contribution in [0.5, 0.6) is 0 Å². The second-order valence-corrected chi connectivity index (χ2v) is 5.71. The zero-order valence-electron chi connectivity index (χ0n) is 14.3. The lowest BCUT2D eigenvalue weighted by Crippen LogP contribution is -2.31. The van der Waals surface area contributed by atoms with Crippen LogP contribution < -0.4 is 10.5 Å². The molecular weight excluding hydrogens is 313 g/mol. The van der Waals surface area contributed by atoms with E-state index in [2.05, 4.69) is 11.6 Å². The number of likely N-dealkylation sites (N-methyl/N-ethyl adjacent to an activating group) is 1. The fraction of sp³-hybridized carbons (Fsp3) is 0.158. The largest absolute Gasteiger partial charge is 0.341 e. The number of benzene rings is 1. The Bertz CT molecular complexity index is 863. The van der Waals surface area contributed by atoms with Gasteiger partial charge in [-0.3, -0.25) is 14.6 Å². The van der Waals surface area contributed by atoms with Crippen LogP contribution in [0.2, 0.25) is 0 Å². The molecule has 3 rings (SSSR count). The van der Waals surface area contributed by atoms with Gasteiger partial charge in [-0.15, -0.1) is 0 Å². The number of hydroxylamine groups is 2. The minimum absolute atomic E-state index is 0.257. The average Bonchev–Trinajstić information content (AvgIpc) is 2.63. The van der Waals surface area contributed by atoms with Gasteiger partial charge in [-0.1, -0.05) is 36.9 Å². The molecule has 1 aliphatic rings. The Hall–Kier alpha value is -2.86. The van der Waals surface area contributed by atoms with Crippen LogP contribution in [0.15, 0.2) is 60.8 Å². The van der Waals surface area contributed by atoms with E-state index in [0.717, 1.165) is 16.9 Å². The maximum Gasteiger partial charge on any atom is 0.279 e. The van der Waals surface area contributed by atoms with E-state index in [1.807, 2.05) is 41.3 Å². The van der Waals surface area contributed by atoms with Crippen molar-refractivity contribution < 1.29 is 9.63 Å². The highest BCUT2D eigenvalue weighted by Crippen LogP contribution is 2.37.